The van der Waals surface area contributed by atoms with Crippen LogP contribution in [0.5, 0.6) is 0 Å². The lowest BCUT2D eigenvalue weighted by Gasteiger charge is -2.07. The summed E-state index contributed by atoms with van der Waals surface area (Å²) < 4.78 is 4.75. The molecule has 0 saturated carbocycles. The smallest absolute Gasteiger partial charge is 0.338 e. The van der Waals surface area contributed by atoms with E-state index in [0.717, 1.165) is 11.1 Å². The molecule has 0 aliphatic rings. The predicted octanol–water partition coefficient (Wildman–Crippen LogP) is 3.10. The fraction of sp³-hybridized carbons (Fsp3) is 0.200. The van der Waals surface area contributed by atoms with Gasteiger partial charge in [-0.1, -0.05) is 30.9 Å². The van der Waals surface area contributed by atoms with Gasteiger partial charge in [0.15, 0.2) is 0 Å². The number of esters is 1. The number of methoxy groups -OCH3 is 1. The van der Waals surface area contributed by atoms with Gasteiger partial charge < -0.3 is 4.74 Å². The zero-order chi connectivity index (χ0) is 13.4. The Bertz CT molecular complexity index is 487. The molecule has 94 valence electrons. The molecule has 0 aliphatic carbocycles. The van der Waals surface area contributed by atoms with Gasteiger partial charge in [0.2, 0.25) is 0 Å². The van der Waals surface area contributed by atoms with E-state index in [4.69, 9.17) is 4.74 Å². The van der Waals surface area contributed by atoms with Crippen LogP contribution in [0.3, 0.4) is 0 Å². The van der Waals surface area contributed by atoms with E-state index in [0.29, 0.717) is 12.0 Å². The number of pyridine rings is 1. The maximum atomic E-state index is 11.6. The summed E-state index contributed by atoms with van der Waals surface area (Å²) in [5.74, 6) is -0.337. The van der Waals surface area contributed by atoms with Crippen molar-refractivity contribution < 1.29 is 9.53 Å². The Hall–Kier alpha value is -2.16. The number of ether oxygens (including phenoxy) is 1. The fourth-order valence-electron chi connectivity index (χ4n) is 1.55. The molecule has 3 heteroatoms. The Kier molecular flexibility index (Phi) is 5.58. The van der Waals surface area contributed by atoms with Crippen molar-refractivity contribution in [1.29, 1.82) is 0 Å². The zero-order valence-electron chi connectivity index (χ0n) is 10.7. The Morgan fingerprint density at radius 2 is 2.33 bits per heavy atom. The molecule has 0 fully saturated rings. The maximum absolute atomic E-state index is 11.6. The molecule has 0 aromatic carbocycles. The SMILES string of the molecule is C=C/C=C\C(=C/C)Cc1cnccc1C(=O)OC. The van der Waals surface area contributed by atoms with Crippen molar-refractivity contribution in [3.8, 4) is 0 Å². The number of hydrogen-bond donors (Lipinski definition) is 0. The molecule has 1 aromatic rings. The number of rotatable bonds is 5. The van der Waals surface area contributed by atoms with Gasteiger partial charge >= 0.3 is 5.97 Å². The summed E-state index contributed by atoms with van der Waals surface area (Å²) in [6.07, 6.45) is 11.5. The van der Waals surface area contributed by atoms with Gasteiger partial charge in [-0.05, 0) is 30.5 Å². The Balaban J connectivity index is 3.00. The van der Waals surface area contributed by atoms with E-state index in [9.17, 15) is 4.79 Å². The molecule has 0 radical (unpaired) electrons. The van der Waals surface area contributed by atoms with Crippen molar-refractivity contribution in [2.45, 2.75) is 13.3 Å². The van der Waals surface area contributed by atoms with E-state index in [2.05, 4.69) is 11.6 Å². The van der Waals surface area contributed by atoms with Gasteiger partial charge in [0, 0.05) is 12.4 Å². The quantitative estimate of drug-likeness (QED) is 0.589. The van der Waals surface area contributed by atoms with E-state index in [-0.39, 0.29) is 5.97 Å². The second kappa shape index (κ2) is 7.22. The lowest BCUT2D eigenvalue weighted by atomic mass is 10.0. The maximum Gasteiger partial charge on any atom is 0.338 e. The van der Waals surface area contributed by atoms with Gasteiger partial charge in [-0.25, -0.2) is 4.79 Å². The normalized spacial score (nSPS) is 11.6. The molecule has 0 amide bonds. The average Bonchev–Trinajstić information content (AvgIpc) is 2.43. The first-order valence-corrected chi connectivity index (χ1v) is 5.68. The van der Waals surface area contributed by atoms with Crippen LogP contribution in [0, 0.1) is 0 Å². The van der Waals surface area contributed by atoms with Crippen LogP contribution in [0.25, 0.3) is 0 Å². The molecular formula is C15H17NO2. The van der Waals surface area contributed by atoms with Gasteiger partial charge in [-0.15, -0.1) is 0 Å². The summed E-state index contributed by atoms with van der Waals surface area (Å²) in [6.45, 7) is 5.59. The third-order valence-corrected chi connectivity index (χ3v) is 2.52. The van der Waals surface area contributed by atoms with Gasteiger partial charge in [-0.2, -0.15) is 0 Å². The van der Waals surface area contributed by atoms with Crippen LogP contribution in [0.15, 0.2) is 54.9 Å². The lowest BCUT2D eigenvalue weighted by Crippen LogP contribution is -2.06. The predicted molar refractivity (Wildman–Crippen MR) is 72.4 cm³/mol. The molecule has 0 atom stereocenters. The summed E-state index contributed by atoms with van der Waals surface area (Å²) >= 11 is 0. The van der Waals surface area contributed by atoms with E-state index in [1.54, 1.807) is 24.5 Å². The van der Waals surface area contributed by atoms with Crippen molar-refractivity contribution in [3.63, 3.8) is 0 Å². The molecule has 0 bridgehead atoms. The molecule has 0 aliphatic heterocycles. The van der Waals surface area contributed by atoms with Crippen LogP contribution in [-0.2, 0) is 11.2 Å². The van der Waals surface area contributed by atoms with Crippen molar-refractivity contribution in [3.05, 3.63) is 66.0 Å². The van der Waals surface area contributed by atoms with Crippen LogP contribution < -0.4 is 0 Å². The topological polar surface area (TPSA) is 39.2 Å². The number of aromatic nitrogens is 1. The lowest BCUT2D eigenvalue weighted by molar-refractivity contribution is 0.0599. The summed E-state index contributed by atoms with van der Waals surface area (Å²) in [6, 6.07) is 1.67. The molecule has 1 aromatic heterocycles. The van der Waals surface area contributed by atoms with Crippen LogP contribution in [0.1, 0.15) is 22.8 Å². The highest BCUT2D eigenvalue weighted by atomic mass is 16.5. The first-order valence-electron chi connectivity index (χ1n) is 5.68. The number of nitrogens with zero attached hydrogens (tertiary/aromatic N) is 1. The van der Waals surface area contributed by atoms with Crippen molar-refractivity contribution in [2.75, 3.05) is 7.11 Å². The highest BCUT2D eigenvalue weighted by Gasteiger charge is 2.11. The number of allylic oxidation sites excluding steroid dienone is 5. The third-order valence-electron chi connectivity index (χ3n) is 2.52. The third kappa shape index (κ3) is 3.70. The molecule has 1 heterocycles. The average molecular weight is 243 g/mol. The molecule has 0 unspecified atom stereocenters. The van der Waals surface area contributed by atoms with Gasteiger partial charge in [0.25, 0.3) is 0 Å². The monoisotopic (exact) mass is 243 g/mol. The number of hydrogen-bond acceptors (Lipinski definition) is 3. The number of carbonyl (C=O) groups is 1. The first kappa shape index (κ1) is 13.9. The van der Waals surface area contributed by atoms with E-state index in [1.807, 2.05) is 25.2 Å². The first-order chi connectivity index (χ1) is 8.72. The molecule has 0 spiro atoms. The van der Waals surface area contributed by atoms with Gasteiger partial charge in [0.1, 0.15) is 0 Å². The van der Waals surface area contributed by atoms with Crippen LogP contribution in [0.2, 0.25) is 0 Å². The molecule has 3 nitrogen and oxygen atoms in total. The summed E-state index contributed by atoms with van der Waals surface area (Å²) in [7, 11) is 1.38. The van der Waals surface area contributed by atoms with Crippen LogP contribution in [0.4, 0.5) is 0 Å². The minimum atomic E-state index is -0.337. The standard InChI is InChI=1S/C15H17NO2/c1-4-6-7-12(5-2)10-13-11-16-9-8-14(13)15(17)18-3/h4-9,11H,1,10H2,2-3H3/b7-6-,12-5+. The van der Waals surface area contributed by atoms with Crippen LogP contribution in [-0.4, -0.2) is 18.1 Å². The van der Waals surface area contributed by atoms with E-state index in [1.165, 1.54) is 7.11 Å². The van der Waals surface area contributed by atoms with Crippen molar-refractivity contribution >= 4 is 5.97 Å². The zero-order valence-corrected chi connectivity index (χ0v) is 10.7. The second-order valence-electron chi connectivity index (χ2n) is 3.66. The van der Waals surface area contributed by atoms with E-state index >= 15 is 0 Å². The summed E-state index contributed by atoms with van der Waals surface area (Å²) in [4.78, 5) is 15.7. The molecule has 18 heavy (non-hydrogen) atoms. The highest BCUT2D eigenvalue weighted by molar-refractivity contribution is 5.90. The van der Waals surface area contributed by atoms with Gasteiger partial charge in [0.05, 0.1) is 12.7 Å². The summed E-state index contributed by atoms with van der Waals surface area (Å²) in [5.41, 5.74) is 2.50. The Labute approximate surface area is 108 Å². The highest BCUT2D eigenvalue weighted by Crippen LogP contribution is 2.14. The molecule has 0 saturated heterocycles. The van der Waals surface area contributed by atoms with Crippen LogP contribution >= 0.6 is 0 Å². The molecular weight excluding hydrogens is 226 g/mol. The fourth-order valence-corrected chi connectivity index (χ4v) is 1.55. The number of carbonyl (C=O) groups excluding carboxylic acids is 1. The Morgan fingerprint density at radius 3 is 2.94 bits per heavy atom. The van der Waals surface area contributed by atoms with Gasteiger partial charge in [-0.3, -0.25) is 4.98 Å². The van der Waals surface area contributed by atoms with E-state index < -0.39 is 0 Å². The molecule has 0 N–H and O–H groups in total. The van der Waals surface area contributed by atoms with Crippen molar-refractivity contribution in [1.82, 2.24) is 4.98 Å². The van der Waals surface area contributed by atoms with Crippen molar-refractivity contribution in [2.24, 2.45) is 0 Å². The minimum Gasteiger partial charge on any atom is -0.465 e. The minimum absolute atomic E-state index is 0.337. The Morgan fingerprint density at radius 1 is 1.56 bits per heavy atom. The largest absolute Gasteiger partial charge is 0.465 e. The molecule has 1 rings (SSSR count). The second-order valence-corrected chi connectivity index (χ2v) is 3.66. The summed E-state index contributed by atoms with van der Waals surface area (Å²) in [5, 5.41) is 0.